The fourth-order valence-corrected chi connectivity index (χ4v) is 6.04. The summed E-state index contributed by atoms with van der Waals surface area (Å²) in [5.74, 6) is 0.746. The topological polar surface area (TPSA) is 82.9 Å². The summed E-state index contributed by atoms with van der Waals surface area (Å²) in [6.07, 6.45) is 7.82. The predicted molar refractivity (Wildman–Crippen MR) is 152 cm³/mol. The number of piperidine rings is 1. The van der Waals surface area contributed by atoms with Crippen LogP contribution in [0.1, 0.15) is 62.2 Å². The standard InChI is InChI=1S/C31H39ClN2O4/c1-38-26-10-11-29-28(20-26)27(14-16-33-29)30(35)12-8-23-15-18-34(21-24(23)9-13-31(36)37)17-3-2-5-22-6-4-7-25(32)19-22/h4,6-7,10-11,14,16,19-20,23-24,30,35H,2-3,5,8-9,12-13,15,17-18,21H2,1H3,(H,36,37)/t23?,24?,30-/m0/s1. The average molecular weight is 539 g/mol. The number of hydrogen-bond acceptors (Lipinski definition) is 5. The van der Waals surface area contributed by atoms with Gasteiger partial charge < -0.3 is 19.8 Å². The van der Waals surface area contributed by atoms with Crippen molar-refractivity contribution in [2.24, 2.45) is 11.8 Å². The molecule has 38 heavy (non-hydrogen) atoms. The maximum Gasteiger partial charge on any atom is 0.303 e. The second kappa shape index (κ2) is 13.9. The lowest BCUT2D eigenvalue weighted by Gasteiger charge is -2.39. The Labute approximate surface area is 230 Å². The summed E-state index contributed by atoms with van der Waals surface area (Å²) in [5, 5.41) is 22.2. The van der Waals surface area contributed by atoms with Crippen LogP contribution in [0.25, 0.3) is 10.9 Å². The van der Waals surface area contributed by atoms with Crippen LogP contribution < -0.4 is 4.74 Å². The molecule has 2 unspecified atom stereocenters. The number of aliphatic hydroxyl groups excluding tert-OH is 1. The highest BCUT2D eigenvalue weighted by molar-refractivity contribution is 6.30. The third-order valence-corrected chi connectivity index (χ3v) is 8.17. The zero-order valence-electron chi connectivity index (χ0n) is 22.2. The van der Waals surface area contributed by atoms with Crippen molar-refractivity contribution in [1.82, 2.24) is 9.88 Å². The van der Waals surface area contributed by atoms with Gasteiger partial charge in [-0.05, 0) is 117 Å². The monoisotopic (exact) mass is 538 g/mol. The summed E-state index contributed by atoms with van der Waals surface area (Å²) in [7, 11) is 1.64. The van der Waals surface area contributed by atoms with Crippen molar-refractivity contribution in [3.8, 4) is 5.75 Å². The molecule has 0 aliphatic carbocycles. The van der Waals surface area contributed by atoms with Crippen LogP contribution in [-0.4, -0.2) is 52.8 Å². The van der Waals surface area contributed by atoms with Gasteiger partial charge in [0.2, 0.25) is 0 Å². The Hall–Kier alpha value is -2.67. The molecule has 3 atom stereocenters. The molecule has 3 aromatic rings. The number of halogens is 1. The second-order valence-electron chi connectivity index (χ2n) is 10.5. The van der Waals surface area contributed by atoms with E-state index in [4.69, 9.17) is 16.3 Å². The van der Waals surface area contributed by atoms with Crippen LogP contribution in [0.3, 0.4) is 0 Å². The van der Waals surface area contributed by atoms with Crippen molar-refractivity contribution >= 4 is 28.5 Å². The number of carboxylic acids is 1. The molecule has 0 radical (unpaired) electrons. The number of unbranched alkanes of at least 4 members (excludes halogenated alkanes) is 1. The average Bonchev–Trinajstić information content (AvgIpc) is 2.92. The maximum absolute atomic E-state index is 11.3. The van der Waals surface area contributed by atoms with Crippen molar-refractivity contribution in [3.05, 3.63) is 70.9 Å². The zero-order valence-corrected chi connectivity index (χ0v) is 22.9. The number of aryl methyl sites for hydroxylation is 1. The number of carbonyl (C=O) groups is 1. The molecule has 0 saturated carbocycles. The Balaban J connectivity index is 1.32. The van der Waals surface area contributed by atoms with Gasteiger partial charge in [0.05, 0.1) is 18.7 Å². The third-order valence-electron chi connectivity index (χ3n) is 7.94. The molecule has 1 saturated heterocycles. The number of hydrogen-bond donors (Lipinski definition) is 2. The summed E-state index contributed by atoms with van der Waals surface area (Å²) in [5.41, 5.74) is 2.98. The SMILES string of the molecule is COc1ccc2nccc([C@@H](O)CCC3CCN(CCCCc4cccc(Cl)c4)CC3CCC(=O)O)c2c1. The Bertz CT molecular complexity index is 1200. The second-order valence-corrected chi connectivity index (χ2v) is 10.9. The number of benzene rings is 2. The molecule has 7 heteroatoms. The first kappa shape index (κ1) is 28.3. The minimum Gasteiger partial charge on any atom is -0.497 e. The zero-order chi connectivity index (χ0) is 26.9. The van der Waals surface area contributed by atoms with Gasteiger partial charge in [-0.15, -0.1) is 0 Å². The van der Waals surface area contributed by atoms with Gasteiger partial charge in [-0.2, -0.15) is 0 Å². The van der Waals surface area contributed by atoms with E-state index in [9.17, 15) is 15.0 Å². The minimum atomic E-state index is -0.736. The van der Waals surface area contributed by atoms with E-state index in [1.807, 2.05) is 42.5 Å². The van der Waals surface area contributed by atoms with E-state index < -0.39 is 12.1 Å². The van der Waals surface area contributed by atoms with Gasteiger partial charge in [-0.3, -0.25) is 9.78 Å². The van der Waals surface area contributed by atoms with E-state index in [2.05, 4.69) is 16.0 Å². The number of ether oxygens (including phenoxy) is 1. The van der Waals surface area contributed by atoms with Gasteiger partial charge in [0.1, 0.15) is 5.75 Å². The van der Waals surface area contributed by atoms with Gasteiger partial charge in [0.15, 0.2) is 0 Å². The molecular weight excluding hydrogens is 500 g/mol. The Morgan fingerprint density at radius 3 is 2.82 bits per heavy atom. The number of aliphatic carboxylic acids is 1. The number of aliphatic hydroxyl groups is 1. The van der Waals surface area contributed by atoms with Crippen LogP contribution in [0.2, 0.25) is 5.02 Å². The van der Waals surface area contributed by atoms with E-state index in [1.165, 1.54) is 5.56 Å². The highest BCUT2D eigenvalue weighted by Gasteiger charge is 2.30. The van der Waals surface area contributed by atoms with Crippen molar-refractivity contribution in [2.75, 3.05) is 26.7 Å². The van der Waals surface area contributed by atoms with Gasteiger partial charge in [0, 0.05) is 29.6 Å². The van der Waals surface area contributed by atoms with E-state index in [0.29, 0.717) is 24.7 Å². The molecule has 2 heterocycles. The molecule has 6 nitrogen and oxygen atoms in total. The van der Waals surface area contributed by atoms with E-state index in [-0.39, 0.29) is 6.42 Å². The van der Waals surface area contributed by atoms with Crippen LogP contribution in [-0.2, 0) is 11.2 Å². The van der Waals surface area contributed by atoms with Gasteiger partial charge >= 0.3 is 5.97 Å². The smallest absolute Gasteiger partial charge is 0.303 e. The number of carboxylic acid groups (broad SMARTS) is 1. The number of rotatable bonds is 13. The Morgan fingerprint density at radius 1 is 1.16 bits per heavy atom. The highest BCUT2D eigenvalue weighted by atomic mass is 35.5. The first-order valence-electron chi connectivity index (χ1n) is 13.7. The van der Waals surface area contributed by atoms with Crippen LogP contribution in [0, 0.1) is 11.8 Å². The quantitative estimate of drug-likeness (QED) is 0.240. The van der Waals surface area contributed by atoms with Crippen LogP contribution in [0.5, 0.6) is 5.75 Å². The van der Waals surface area contributed by atoms with Crippen molar-refractivity contribution in [3.63, 3.8) is 0 Å². The summed E-state index contributed by atoms with van der Waals surface area (Å²) in [6.45, 7) is 2.99. The largest absolute Gasteiger partial charge is 0.497 e. The lowest BCUT2D eigenvalue weighted by Crippen LogP contribution is -2.41. The first-order chi connectivity index (χ1) is 18.4. The predicted octanol–water partition coefficient (Wildman–Crippen LogP) is 6.54. The number of fused-ring (bicyclic) bond motifs is 1. The van der Waals surface area contributed by atoms with E-state index in [0.717, 1.165) is 79.0 Å². The number of nitrogens with zero attached hydrogens (tertiary/aromatic N) is 2. The molecule has 1 aliphatic heterocycles. The highest BCUT2D eigenvalue weighted by Crippen LogP contribution is 2.35. The summed E-state index contributed by atoms with van der Waals surface area (Å²) in [6, 6.07) is 15.7. The fourth-order valence-electron chi connectivity index (χ4n) is 5.82. The lowest BCUT2D eigenvalue weighted by molar-refractivity contribution is -0.137. The van der Waals surface area contributed by atoms with Crippen LogP contribution in [0.15, 0.2) is 54.7 Å². The molecule has 1 fully saturated rings. The molecule has 2 aromatic carbocycles. The van der Waals surface area contributed by atoms with Crippen molar-refractivity contribution < 1.29 is 19.7 Å². The lowest BCUT2D eigenvalue weighted by atomic mass is 9.79. The molecule has 2 N–H and O–H groups in total. The Kier molecular flexibility index (Phi) is 10.4. The summed E-state index contributed by atoms with van der Waals surface area (Å²) < 4.78 is 5.38. The fraction of sp³-hybridized carbons (Fsp3) is 0.484. The summed E-state index contributed by atoms with van der Waals surface area (Å²) >= 11 is 6.11. The van der Waals surface area contributed by atoms with E-state index >= 15 is 0 Å². The molecule has 0 amide bonds. The molecular formula is C31H39ClN2O4. The van der Waals surface area contributed by atoms with Crippen LogP contribution in [0.4, 0.5) is 0 Å². The third kappa shape index (κ3) is 7.92. The molecule has 204 valence electrons. The van der Waals surface area contributed by atoms with Gasteiger partial charge in [-0.1, -0.05) is 23.7 Å². The minimum absolute atomic E-state index is 0.196. The number of pyridine rings is 1. The number of aromatic nitrogens is 1. The maximum atomic E-state index is 11.3. The molecule has 1 aliphatic rings. The van der Waals surface area contributed by atoms with Crippen molar-refractivity contribution in [1.29, 1.82) is 0 Å². The number of methoxy groups -OCH3 is 1. The summed E-state index contributed by atoms with van der Waals surface area (Å²) in [4.78, 5) is 18.3. The van der Waals surface area contributed by atoms with Crippen molar-refractivity contribution in [2.45, 2.75) is 57.5 Å². The van der Waals surface area contributed by atoms with Gasteiger partial charge in [-0.25, -0.2) is 0 Å². The molecule has 1 aromatic heterocycles. The van der Waals surface area contributed by atoms with Crippen LogP contribution >= 0.6 is 11.6 Å². The van der Waals surface area contributed by atoms with E-state index in [1.54, 1.807) is 13.3 Å². The molecule has 0 bridgehead atoms. The first-order valence-corrected chi connectivity index (χ1v) is 14.1. The van der Waals surface area contributed by atoms with Gasteiger partial charge in [0.25, 0.3) is 0 Å². The Morgan fingerprint density at radius 2 is 2.03 bits per heavy atom. The molecule has 0 spiro atoms. The number of likely N-dealkylation sites (tertiary alicyclic amines) is 1. The normalized spacial score (nSPS) is 18.9. The molecule has 4 rings (SSSR count).